The van der Waals surface area contributed by atoms with Gasteiger partial charge in [-0.05, 0) is 60.3 Å². The van der Waals surface area contributed by atoms with Crippen LogP contribution in [0, 0.1) is 13.8 Å². The lowest BCUT2D eigenvalue weighted by molar-refractivity contribution is 0.251. The lowest BCUT2D eigenvalue weighted by Gasteiger charge is -2.10. The van der Waals surface area contributed by atoms with E-state index in [0.29, 0.717) is 5.69 Å². The van der Waals surface area contributed by atoms with Gasteiger partial charge in [-0.2, -0.15) is 0 Å². The standard InChI is InChI=1S/C16H17N5O4S/c1-10-7-12(8-11(2)15(10)22)9-18-16(23)19-13-3-5-14(6-4-13)26(24,25)21-20-17/h3-8,22H,9H2,1-2H3,(H2,18,19,23). The molecule has 10 heteroatoms. The molecule has 0 radical (unpaired) electrons. The van der Waals surface area contributed by atoms with Crippen LogP contribution in [0.4, 0.5) is 10.5 Å². The smallest absolute Gasteiger partial charge is 0.319 e. The summed E-state index contributed by atoms with van der Waals surface area (Å²) in [4.78, 5) is 14.0. The van der Waals surface area contributed by atoms with Gasteiger partial charge in [0.1, 0.15) is 5.75 Å². The average Bonchev–Trinajstić information content (AvgIpc) is 2.58. The molecule has 2 rings (SSSR count). The summed E-state index contributed by atoms with van der Waals surface area (Å²) in [6.45, 7) is 3.81. The Hall–Kier alpha value is -3.23. The third-order valence-corrected chi connectivity index (χ3v) is 4.71. The van der Waals surface area contributed by atoms with Gasteiger partial charge in [-0.25, -0.2) is 13.2 Å². The Balaban J connectivity index is 1.99. The van der Waals surface area contributed by atoms with Crippen molar-refractivity contribution in [2.75, 3.05) is 5.32 Å². The fourth-order valence-corrected chi connectivity index (χ4v) is 2.98. The van der Waals surface area contributed by atoms with E-state index in [9.17, 15) is 18.3 Å². The normalized spacial score (nSPS) is 10.7. The first-order valence-corrected chi connectivity index (χ1v) is 8.92. The minimum Gasteiger partial charge on any atom is -0.507 e. The third kappa shape index (κ3) is 4.65. The van der Waals surface area contributed by atoms with E-state index in [-0.39, 0.29) is 17.2 Å². The number of amides is 2. The number of aromatic hydroxyl groups is 1. The van der Waals surface area contributed by atoms with Crippen molar-refractivity contribution < 1.29 is 18.3 Å². The largest absolute Gasteiger partial charge is 0.507 e. The monoisotopic (exact) mass is 375 g/mol. The molecule has 0 bridgehead atoms. The number of benzene rings is 2. The van der Waals surface area contributed by atoms with Gasteiger partial charge in [0, 0.05) is 21.7 Å². The number of urea groups is 1. The molecule has 0 aliphatic heterocycles. The second kappa shape index (κ2) is 7.77. The quantitative estimate of drug-likeness (QED) is 0.418. The highest BCUT2D eigenvalue weighted by molar-refractivity contribution is 7.90. The van der Waals surface area contributed by atoms with Gasteiger partial charge < -0.3 is 15.7 Å². The number of nitrogens with zero attached hydrogens (tertiary/aromatic N) is 3. The first-order valence-electron chi connectivity index (χ1n) is 7.48. The number of hydrogen-bond acceptors (Lipinski definition) is 4. The summed E-state index contributed by atoms with van der Waals surface area (Å²) in [6, 6.07) is 8.30. The zero-order valence-electron chi connectivity index (χ0n) is 14.1. The molecule has 0 saturated carbocycles. The van der Waals surface area contributed by atoms with Crippen LogP contribution >= 0.6 is 0 Å². The molecule has 0 fully saturated rings. The molecule has 0 saturated heterocycles. The van der Waals surface area contributed by atoms with E-state index in [1.165, 1.54) is 24.3 Å². The van der Waals surface area contributed by atoms with Gasteiger partial charge in [-0.15, -0.1) is 0 Å². The third-order valence-electron chi connectivity index (χ3n) is 3.56. The zero-order chi connectivity index (χ0) is 19.3. The van der Waals surface area contributed by atoms with Crippen LogP contribution in [-0.4, -0.2) is 19.6 Å². The summed E-state index contributed by atoms with van der Waals surface area (Å²) in [5.74, 6) is 0.231. The molecule has 9 nitrogen and oxygen atoms in total. The number of carbonyl (C=O) groups excluding carboxylic acids is 1. The van der Waals surface area contributed by atoms with Crippen LogP contribution in [0.15, 0.2) is 45.8 Å². The molecule has 26 heavy (non-hydrogen) atoms. The SMILES string of the molecule is Cc1cc(CNC(=O)Nc2ccc(S(=O)(=O)N=[N+]=[N-])cc2)cc(C)c1O. The van der Waals surface area contributed by atoms with Gasteiger partial charge in [0.15, 0.2) is 0 Å². The maximum atomic E-state index is 12.0. The van der Waals surface area contributed by atoms with Crippen molar-refractivity contribution in [2.24, 2.45) is 4.52 Å². The Morgan fingerprint density at radius 1 is 1.19 bits per heavy atom. The fourth-order valence-electron chi connectivity index (χ4n) is 2.31. The van der Waals surface area contributed by atoms with E-state index in [2.05, 4.69) is 20.1 Å². The van der Waals surface area contributed by atoms with Crippen LogP contribution in [0.2, 0.25) is 0 Å². The Labute approximate surface area is 150 Å². The molecule has 3 N–H and O–H groups in total. The van der Waals surface area contributed by atoms with Crippen molar-refractivity contribution in [3.8, 4) is 5.75 Å². The lowest BCUT2D eigenvalue weighted by Crippen LogP contribution is -2.28. The first kappa shape index (κ1) is 19.1. The Kier molecular flexibility index (Phi) is 5.71. The Bertz CT molecular complexity index is 957. The van der Waals surface area contributed by atoms with Crippen LogP contribution < -0.4 is 10.6 Å². The summed E-state index contributed by atoms with van der Waals surface area (Å²) in [6.07, 6.45) is 0. The number of phenolic OH excluding ortho intramolecular Hbond substituents is 1. The first-order chi connectivity index (χ1) is 12.2. The second-order valence-electron chi connectivity index (χ2n) is 5.56. The number of nitrogens with one attached hydrogen (secondary N) is 2. The highest BCUT2D eigenvalue weighted by Gasteiger charge is 2.12. The van der Waals surface area contributed by atoms with Crippen molar-refractivity contribution in [2.45, 2.75) is 25.3 Å². The van der Waals surface area contributed by atoms with Crippen LogP contribution in [0.5, 0.6) is 5.75 Å². The van der Waals surface area contributed by atoms with E-state index in [1.54, 1.807) is 26.0 Å². The molecule has 0 atom stereocenters. The van der Waals surface area contributed by atoms with Gasteiger partial charge in [0.2, 0.25) is 0 Å². The Morgan fingerprint density at radius 3 is 2.31 bits per heavy atom. The van der Waals surface area contributed by atoms with Crippen molar-refractivity contribution in [1.29, 1.82) is 0 Å². The summed E-state index contributed by atoms with van der Waals surface area (Å²) in [7, 11) is -4.05. The number of hydrogen-bond donors (Lipinski definition) is 3. The molecular weight excluding hydrogens is 358 g/mol. The number of anilines is 1. The number of carbonyl (C=O) groups is 1. The van der Waals surface area contributed by atoms with Gasteiger partial charge in [0.25, 0.3) is 10.0 Å². The number of rotatable bonds is 5. The number of phenols is 1. The minimum atomic E-state index is -4.05. The van der Waals surface area contributed by atoms with Gasteiger partial charge in [-0.3, -0.25) is 0 Å². The molecule has 136 valence electrons. The second-order valence-corrected chi connectivity index (χ2v) is 7.14. The van der Waals surface area contributed by atoms with Crippen molar-refractivity contribution in [3.63, 3.8) is 0 Å². The fraction of sp³-hybridized carbons (Fsp3) is 0.188. The lowest BCUT2D eigenvalue weighted by atomic mass is 10.1. The van der Waals surface area contributed by atoms with E-state index in [0.717, 1.165) is 16.7 Å². The Morgan fingerprint density at radius 2 is 1.77 bits per heavy atom. The average molecular weight is 375 g/mol. The molecular formula is C16H17N5O4S. The summed E-state index contributed by atoms with van der Waals surface area (Å²) in [5, 5.41) is 15.0. The maximum absolute atomic E-state index is 12.0. The zero-order valence-corrected chi connectivity index (χ0v) is 14.9. The predicted molar refractivity (Wildman–Crippen MR) is 96.2 cm³/mol. The van der Waals surface area contributed by atoms with Crippen LogP contribution in [0.1, 0.15) is 16.7 Å². The number of aryl methyl sites for hydroxylation is 2. The molecule has 0 aliphatic carbocycles. The summed E-state index contributed by atoms with van der Waals surface area (Å²) >= 11 is 0. The summed E-state index contributed by atoms with van der Waals surface area (Å²) in [5.41, 5.74) is 10.9. The highest BCUT2D eigenvalue weighted by Crippen LogP contribution is 2.22. The van der Waals surface area contributed by atoms with Crippen LogP contribution in [0.3, 0.4) is 0 Å². The molecule has 2 aromatic rings. The topological polar surface area (TPSA) is 144 Å². The predicted octanol–water partition coefficient (Wildman–Crippen LogP) is 3.33. The molecule has 0 unspecified atom stereocenters. The number of sulfonamides is 1. The molecule has 0 aliphatic rings. The molecule has 0 heterocycles. The molecule has 0 spiro atoms. The van der Waals surface area contributed by atoms with E-state index >= 15 is 0 Å². The molecule has 0 aromatic heterocycles. The van der Waals surface area contributed by atoms with E-state index in [4.69, 9.17) is 5.53 Å². The minimum absolute atomic E-state index is 0.170. The van der Waals surface area contributed by atoms with Crippen molar-refractivity contribution >= 4 is 21.7 Å². The van der Waals surface area contributed by atoms with Gasteiger partial charge in [-0.1, -0.05) is 12.1 Å². The van der Waals surface area contributed by atoms with Crippen molar-refractivity contribution in [3.05, 3.63) is 63.5 Å². The van der Waals surface area contributed by atoms with Crippen LogP contribution in [-0.2, 0) is 16.6 Å². The molecule has 2 amide bonds. The van der Waals surface area contributed by atoms with Gasteiger partial charge >= 0.3 is 6.03 Å². The van der Waals surface area contributed by atoms with Gasteiger partial charge in [0.05, 0.1) is 4.90 Å². The number of azide groups is 1. The van der Waals surface area contributed by atoms with E-state index < -0.39 is 16.1 Å². The maximum Gasteiger partial charge on any atom is 0.319 e. The molecule has 2 aromatic carbocycles. The van der Waals surface area contributed by atoms with Crippen molar-refractivity contribution in [1.82, 2.24) is 5.32 Å². The summed E-state index contributed by atoms with van der Waals surface area (Å²) < 4.78 is 25.9. The van der Waals surface area contributed by atoms with Crippen LogP contribution in [0.25, 0.3) is 10.4 Å². The van der Waals surface area contributed by atoms with E-state index in [1.807, 2.05) is 0 Å². The highest BCUT2D eigenvalue weighted by atomic mass is 32.2.